The first-order chi connectivity index (χ1) is 13.1. The lowest BCUT2D eigenvalue weighted by atomic mass is 10.1. The Kier molecular flexibility index (Phi) is 5.06. The highest BCUT2D eigenvalue weighted by molar-refractivity contribution is 5.83. The van der Waals surface area contributed by atoms with Crippen LogP contribution >= 0.6 is 0 Å². The predicted octanol–water partition coefficient (Wildman–Crippen LogP) is 2.87. The van der Waals surface area contributed by atoms with Crippen LogP contribution in [0.4, 0.5) is 10.3 Å². The molecule has 0 aliphatic carbocycles. The van der Waals surface area contributed by atoms with Crippen LogP contribution in [0.1, 0.15) is 16.7 Å². The lowest BCUT2D eigenvalue weighted by Gasteiger charge is -2.06. The van der Waals surface area contributed by atoms with Crippen molar-refractivity contribution in [2.75, 3.05) is 5.43 Å². The van der Waals surface area contributed by atoms with E-state index in [1.54, 1.807) is 24.3 Å². The first kappa shape index (κ1) is 17.6. The number of anilines is 1. The number of nitrogens with one attached hydrogen (secondary N) is 2. The van der Waals surface area contributed by atoms with Crippen molar-refractivity contribution in [3.05, 3.63) is 81.4 Å². The Hall–Kier alpha value is -4.23. The Balaban J connectivity index is 1.94. The molecular formula is C20H12FN5O. The summed E-state index contributed by atoms with van der Waals surface area (Å²) in [7, 11) is 0. The van der Waals surface area contributed by atoms with Gasteiger partial charge in [-0.2, -0.15) is 10.4 Å². The molecular weight excluding hydrogens is 345 g/mol. The molecule has 2 N–H and O–H groups in total. The molecule has 0 radical (unpaired) electrons. The van der Waals surface area contributed by atoms with E-state index >= 15 is 0 Å². The van der Waals surface area contributed by atoms with Gasteiger partial charge in [-0.25, -0.2) is 14.8 Å². The van der Waals surface area contributed by atoms with E-state index in [2.05, 4.69) is 26.4 Å². The molecule has 0 saturated carbocycles. The molecule has 0 saturated heterocycles. The zero-order valence-corrected chi connectivity index (χ0v) is 13.9. The zero-order valence-electron chi connectivity index (χ0n) is 13.9. The highest BCUT2D eigenvalue weighted by Crippen LogP contribution is 2.19. The molecule has 6 nitrogen and oxygen atoms in total. The summed E-state index contributed by atoms with van der Waals surface area (Å²) in [4.78, 5) is 18.8. The molecule has 3 aromatic rings. The Bertz CT molecular complexity index is 1150. The molecule has 0 spiro atoms. The van der Waals surface area contributed by atoms with E-state index < -0.39 is 11.4 Å². The summed E-state index contributed by atoms with van der Waals surface area (Å²) < 4.78 is 13.4. The normalized spacial score (nSPS) is 10.3. The number of benzene rings is 2. The number of aromatic nitrogens is 2. The van der Waals surface area contributed by atoms with Crippen molar-refractivity contribution in [2.45, 2.75) is 0 Å². The standard InChI is InChI=1S/C20H12FN5O/c1-2-13-8-9-16(21)10-15(13)12-23-26-20-24-18(14-6-4-3-5-7-14)17(11-22)19(27)25-20/h1,3-10,12H,(H2,24,25,26,27). The van der Waals surface area contributed by atoms with Crippen LogP contribution in [-0.4, -0.2) is 16.2 Å². The van der Waals surface area contributed by atoms with Crippen LogP contribution in [0.15, 0.2) is 58.4 Å². The summed E-state index contributed by atoms with van der Waals surface area (Å²) in [5.41, 5.74) is 3.58. The maximum absolute atomic E-state index is 13.4. The monoisotopic (exact) mass is 357 g/mol. The minimum atomic E-state index is -0.598. The Morgan fingerprint density at radius 3 is 2.74 bits per heavy atom. The van der Waals surface area contributed by atoms with Crippen molar-refractivity contribution in [1.29, 1.82) is 5.26 Å². The first-order valence-corrected chi connectivity index (χ1v) is 7.77. The fraction of sp³-hybridized carbons (Fsp3) is 0. The molecule has 0 bridgehead atoms. The fourth-order valence-electron chi connectivity index (χ4n) is 2.37. The number of nitriles is 1. The zero-order chi connectivity index (χ0) is 19.2. The number of rotatable bonds is 4. The molecule has 1 aromatic heterocycles. The van der Waals surface area contributed by atoms with Crippen LogP contribution in [-0.2, 0) is 0 Å². The van der Waals surface area contributed by atoms with Crippen LogP contribution in [0.25, 0.3) is 11.3 Å². The SMILES string of the molecule is C#Cc1ccc(F)cc1C=NNc1nc(-c2ccccc2)c(C#N)c(=O)[nH]1. The average Bonchev–Trinajstić information content (AvgIpc) is 2.68. The molecule has 0 unspecified atom stereocenters. The molecule has 27 heavy (non-hydrogen) atoms. The van der Waals surface area contributed by atoms with Crippen molar-refractivity contribution in [1.82, 2.24) is 9.97 Å². The molecule has 0 aliphatic rings. The van der Waals surface area contributed by atoms with E-state index in [1.807, 2.05) is 12.1 Å². The summed E-state index contributed by atoms with van der Waals surface area (Å²) in [5.74, 6) is 2.01. The summed E-state index contributed by atoms with van der Waals surface area (Å²) in [6.07, 6.45) is 6.69. The summed E-state index contributed by atoms with van der Waals surface area (Å²) in [5, 5.41) is 13.2. The van der Waals surface area contributed by atoms with Crippen LogP contribution in [0, 0.1) is 29.5 Å². The van der Waals surface area contributed by atoms with Gasteiger partial charge in [0.05, 0.1) is 11.9 Å². The quantitative estimate of drug-likeness (QED) is 0.426. The Morgan fingerprint density at radius 1 is 1.26 bits per heavy atom. The number of hydrogen-bond acceptors (Lipinski definition) is 5. The number of terminal acetylenes is 1. The van der Waals surface area contributed by atoms with Crippen LogP contribution in [0.5, 0.6) is 0 Å². The van der Waals surface area contributed by atoms with Gasteiger partial charge in [0.15, 0.2) is 0 Å². The second-order valence-corrected chi connectivity index (χ2v) is 5.36. The number of aromatic amines is 1. The third-order valence-electron chi connectivity index (χ3n) is 3.62. The van der Waals surface area contributed by atoms with E-state index in [0.717, 1.165) is 0 Å². The van der Waals surface area contributed by atoms with Crippen molar-refractivity contribution >= 4 is 12.2 Å². The highest BCUT2D eigenvalue weighted by Gasteiger charge is 2.12. The van der Waals surface area contributed by atoms with E-state index in [0.29, 0.717) is 16.7 Å². The summed E-state index contributed by atoms with van der Waals surface area (Å²) in [6.45, 7) is 0. The van der Waals surface area contributed by atoms with Crippen molar-refractivity contribution in [3.63, 3.8) is 0 Å². The minimum Gasteiger partial charge on any atom is -0.290 e. The molecule has 2 aromatic carbocycles. The third-order valence-corrected chi connectivity index (χ3v) is 3.62. The van der Waals surface area contributed by atoms with E-state index in [9.17, 15) is 14.4 Å². The van der Waals surface area contributed by atoms with Gasteiger partial charge in [-0.15, -0.1) is 6.42 Å². The lowest BCUT2D eigenvalue weighted by molar-refractivity contribution is 0.627. The van der Waals surface area contributed by atoms with Crippen molar-refractivity contribution in [2.24, 2.45) is 5.10 Å². The van der Waals surface area contributed by atoms with Gasteiger partial charge in [0, 0.05) is 16.7 Å². The number of nitrogens with zero attached hydrogens (tertiary/aromatic N) is 3. The summed E-state index contributed by atoms with van der Waals surface area (Å²) >= 11 is 0. The number of halogens is 1. The smallest absolute Gasteiger partial charge is 0.270 e. The number of H-pyrrole nitrogens is 1. The van der Waals surface area contributed by atoms with E-state index in [4.69, 9.17) is 6.42 Å². The second-order valence-electron chi connectivity index (χ2n) is 5.36. The van der Waals surface area contributed by atoms with Gasteiger partial charge in [0.1, 0.15) is 17.4 Å². The third kappa shape index (κ3) is 3.89. The molecule has 130 valence electrons. The van der Waals surface area contributed by atoms with Crippen LogP contribution < -0.4 is 11.0 Å². The Morgan fingerprint density at radius 2 is 2.04 bits per heavy atom. The second kappa shape index (κ2) is 7.77. The maximum Gasteiger partial charge on any atom is 0.270 e. The van der Waals surface area contributed by atoms with E-state index in [-0.39, 0.29) is 17.2 Å². The lowest BCUT2D eigenvalue weighted by Crippen LogP contribution is -2.16. The van der Waals surface area contributed by atoms with Gasteiger partial charge in [-0.3, -0.25) is 9.78 Å². The van der Waals surface area contributed by atoms with Crippen molar-refractivity contribution < 1.29 is 4.39 Å². The van der Waals surface area contributed by atoms with Gasteiger partial charge in [-0.1, -0.05) is 36.3 Å². The largest absolute Gasteiger partial charge is 0.290 e. The molecule has 0 aliphatic heterocycles. The topological polar surface area (TPSA) is 93.9 Å². The van der Waals surface area contributed by atoms with Gasteiger partial charge in [0.25, 0.3) is 5.56 Å². The molecule has 0 fully saturated rings. The number of hydrazone groups is 1. The summed E-state index contributed by atoms with van der Waals surface area (Å²) in [6, 6.07) is 14.7. The average molecular weight is 357 g/mol. The molecule has 0 amide bonds. The van der Waals surface area contributed by atoms with Gasteiger partial charge in [-0.05, 0) is 18.2 Å². The van der Waals surface area contributed by atoms with Gasteiger partial charge in [0.2, 0.25) is 5.95 Å². The van der Waals surface area contributed by atoms with Gasteiger partial charge < -0.3 is 0 Å². The van der Waals surface area contributed by atoms with Crippen LogP contribution in [0.2, 0.25) is 0 Å². The van der Waals surface area contributed by atoms with Gasteiger partial charge >= 0.3 is 0 Å². The molecule has 7 heteroatoms. The molecule has 0 atom stereocenters. The van der Waals surface area contributed by atoms with Crippen molar-refractivity contribution in [3.8, 4) is 29.7 Å². The Labute approximate surface area is 154 Å². The molecule has 3 rings (SSSR count). The molecule has 1 heterocycles. The minimum absolute atomic E-state index is 0.0350. The number of hydrogen-bond donors (Lipinski definition) is 2. The highest BCUT2D eigenvalue weighted by atomic mass is 19.1. The predicted molar refractivity (Wildman–Crippen MR) is 101 cm³/mol. The van der Waals surface area contributed by atoms with Crippen LogP contribution in [0.3, 0.4) is 0 Å². The first-order valence-electron chi connectivity index (χ1n) is 7.77. The fourth-order valence-corrected chi connectivity index (χ4v) is 2.37. The maximum atomic E-state index is 13.4. The van der Waals surface area contributed by atoms with E-state index in [1.165, 1.54) is 24.4 Å².